The molecule has 1 saturated heterocycles. The van der Waals surface area contributed by atoms with Gasteiger partial charge in [-0.25, -0.2) is 4.98 Å². The Morgan fingerprint density at radius 2 is 1.90 bits per heavy atom. The Labute approximate surface area is 116 Å². The van der Waals surface area contributed by atoms with E-state index in [1.165, 1.54) is 12.1 Å². The van der Waals surface area contributed by atoms with E-state index in [2.05, 4.69) is 10.3 Å². The van der Waals surface area contributed by atoms with Gasteiger partial charge in [0.05, 0.1) is 17.2 Å². The van der Waals surface area contributed by atoms with Gasteiger partial charge >= 0.3 is 6.18 Å². The molecule has 6 heteroatoms. The molecular formula is C14H19F3N2O. The Kier molecular flexibility index (Phi) is 3.48. The number of hydrogen-bond acceptors (Lipinski definition) is 3. The average molecular weight is 288 g/mol. The minimum absolute atomic E-state index is 0.0894. The van der Waals surface area contributed by atoms with Crippen LogP contribution in [0.25, 0.3) is 0 Å². The Balaban J connectivity index is 2.19. The number of rotatable bonds is 2. The molecular weight excluding hydrogens is 269 g/mol. The molecule has 112 valence electrons. The van der Waals surface area contributed by atoms with Crippen LogP contribution in [0.15, 0.2) is 18.2 Å². The van der Waals surface area contributed by atoms with Crippen molar-refractivity contribution in [2.24, 2.45) is 0 Å². The molecule has 1 aromatic rings. The molecule has 0 bridgehead atoms. The van der Waals surface area contributed by atoms with Crippen LogP contribution < -0.4 is 5.32 Å². The molecule has 1 aromatic heterocycles. The summed E-state index contributed by atoms with van der Waals surface area (Å²) in [4.78, 5) is 3.63. The first-order valence-electron chi connectivity index (χ1n) is 6.51. The summed E-state index contributed by atoms with van der Waals surface area (Å²) in [5, 5.41) is 3.06. The van der Waals surface area contributed by atoms with Crippen molar-refractivity contribution in [1.82, 2.24) is 4.98 Å². The maximum atomic E-state index is 12.6. The first-order chi connectivity index (χ1) is 9.00. The van der Waals surface area contributed by atoms with Crippen molar-refractivity contribution in [1.29, 1.82) is 0 Å². The Morgan fingerprint density at radius 3 is 2.40 bits per heavy atom. The highest BCUT2D eigenvalue weighted by Crippen LogP contribution is 2.39. The summed E-state index contributed by atoms with van der Waals surface area (Å²) in [6, 6.07) is 3.77. The minimum Gasteiger partial charge on any atom is -0.367 e. The van der Waals surface area contributed by atoms with Gasteiger partial charge < -0.3 is 10.1 Å². The number of aromatic nitrogens is 1. The monoisotopic (exact) mass is 288 g/mol. The molecule has 1 unspecified atom stereocenters. The van der Waals surface area contributed by atoms with Gasteiger partial charge in [-0.3, -0.25) is 0 Å². The third kappa shape index (κ3) is 3.23. The molecule has 2 heterocycles. The van der Waals surface area contributed by atoms with Gasteiger partial charge in [0.1, 0.15) is 11.5 Å². The summed E-state index contributed by atoms with van der Waals surface area (Å²) in [6.45, 7) is 7.78. The fraction of sp³-hybridized carbons (Fsp3) is 0.643. The van der Waals surface area contributed by atoms with Crippen molar-refractivity contribution in [3.63, 3.8) is 0 Å². The lowest BCUT2D eigenvalue weighted by Gasteiger charge is -2.28. The van der Waals surface area contributed by atoms with E-state index in [9.17, 15) is 13.2 Å². The van der Waals surface area contributed by atoms with Gasteiger partial charge in [0.2, 0.25) is 0 Å². The number of hydrogen-bond donors (Lipinski definition) is 1. The standard InChI is InChI=1S/C14H19F3N2O/c1-12(2)8-10(13(3,4)20-12)19-11-7-5-6-9(18-11)14(15,16)17/h5-7,10H,8H2,1-4H3,(H,18,19). The van der Waals surface area contributed by atoms with Gasteiger partial charge in [0.15, 0.2) is 0 Å². The lowest BCUT2D eigenvalue weighted by Crippen LogP contribution is -2.38. The molecule has 0 amide bonds. The lowest BCUT2D eigenvalue weighted by molar-refractivity contribution is -0.141. The first kappa shape index (κ1) is 15.1. The van der Waals surface area contributed by atoms with Crippen LogP contribution in [-0.4, -0.2) is 22.2 Å². The van der Waals surface area contributed by atoms with Gasteiger partial charge in [0, 0.05) is 0 Å². The van der Waals surface area contributed by atoms with Crippen molar-refractivity contribution in [2.75, 3.05) is 5.32 Å². The largest absolute Gasteiger partial charge is 0.433 e. The van der Waals surface area contributed by atoms with E-state index in [0.717, 1.165) is 6.07 Å². The second-order valence-electron chi connectivity index (χ2n) is 6.27. The van der Waals surface area contributed by atoms with Gasteiger partial charge in [0.25, 0.3) is 0 Å². The molecule has 3 nitrogen and oxygen atoms in total. The second kappa shape index (κ2) is 4.62. The molecule has 1 atom stereocenters. The normalized spacial score (nSPS) is 24.6. The van der Waals surface area contributed by atoms with Gasteiger partial charge in [-0.2, -0.15) is 13.2 Å². The second-order valence-corrected chi connectivity index (χ2v) is 6.27. The van der Waals surface area contributed by atoms with E-state index in [1.54, 1.807) is 0 Å². The summed E-state index contributed by atoms with van der Waals surface area (Å²) in [6.07, 6.45) is -3.73. The summed E-state index contributed by atoms with van der Waals surface area (Å²) < 4.78 is 43.8. The maximum Gasteiger partial charge on any atom is 0.433 e. The van der Waals surface area contributed by atoms with Crippen LogP contribution >= 0.6 is 0 Å². The van der Waals surface area contributed by atoms with Crippen LogP contribution in [0.4, 0.5) is 19.0 Å². The molecule has 0 aliphatic carbocycles. The number of nitrogens with one attached hydrogen (secondary N) is 1. The fourth-order valence-electron chi connectivity index (χ4n) is 2.64. The fourth-order valence-corrected chi connectivity index (χ4v) is 2.64. The molecule has 0 saturated carbocycles. The van der Waals surface area contributed by atoms with Crippen LogP contribution in [0.1, 0.15) is 39.8 Å². The minimum atomic E-state index is -4.43. The Hall–Kier alpha value is -1.30. The first-order valence-corrected chi connectivity index (χ1v) is 6.51. The van der Waals surface area contributed by atoms with Crippen LogP contribution in [0, 0.1) is 0 Å². The van der Waals surface area contributed by atoms with E-state index in [4.69, 9.17) is 4.74 Å². The molecule has 1 aliphatic rings. The Morgan fingerprint density at radius 1 is 1.25 bits per heavy atom. The van der Waals surface area contributed by atoms with Gasteiger partial charge in [-0.1, -0.05) is 6.07 Å². The number of pyridine rings is 1. The third-order valence-electron chi connectivity index (χ3n) is 3.44. The zero-order valence-corrected chi connectivity index (χ0v) is 12.0. The summed E-state index contributed by atoms with van der Waals surface area (Å²) in [7, 11) is 0. The molecule has 20 heavy (non-hydrogen) atoms. The zero-order chi connectivity index (χ0) is 15.2. The summed E-state index contributed by atoms with van der Waals surface area (Å²) in [5.74, 6) is 0.221. The highest BCUT2D eigenvalue weighted by molar-refractivity contribution is 5.38. The number of nitrogens with zero attached hydrogens (tertiary/aromatic N) is 1. The van der Waals surface area contributed by atoms with Crippen molar-refractivity contribution < 1.29 is 17.9 Å². The van der Waals surface area contributed by atoms with E-state index in [-0.39, 0.29) is 17.5 Å². The average Bonchev–Trinajstić information content (AvgIpc) is 2.45. The molecule has 0 aromatic carbocycles. The van der Waals surface area contributed by atoms with Crippen molar-refractivity contribution in [3.8, 4) is 0 Å². The SMILES string of the molecule is CC1(C)CC(Nc2cccc(C(F)(F)F)n2)C(C)(C)O1. The topological polar surface area (TPSA) is 34.2 Å². The van der Waals surface area contributed by atoms with Crippen molar-refractivity contribution >= 4 is 5.82 Å². The number of anilines is 1. The molecule has 1 aliphatic heterocycles. The van der Waals surface area contributed by atoms with Crippen LogP contribution in [0.3, 0.4) is 0 Å². The van der Waals surface area contributed by atoms with Crippen LogP contribution in [0.5, 0.6) is 0 Å². The van der Waals surface area contributed by atoms with E-state index in [0.29, 0.717) is 6.42 Å². The zero-order valence-electron chi connectivity index (χ0n) is 12.0. The van der Waals surface area contributed by atoms with Crippen molar-refractivity contribution in [2.45, 2.75) is 57.5 Å². The highest BCUT2D eigenvalue weighted by Gasteiger charge is 2.46. The predicted octanol–water partition coefficient (Wildman–Crippen LogP) is 3.86. The van der Waals surface area contributed by atoms with Crippen molar-refractivity contribution in [3.05, 3.63) is 23.9 Å². The third-order valence-corrected chi connectivity index (χ3v) is 3.44. The number of alkyl halides is 3. The quantitative estimate of drug-likeness (QED) is 0.897. The molecule has 1 N–H and O–H groups in total. The summed E-state index contributed by atoms with van der Waals surface area (Å²) >= 11 is 0. The molecule has 0 radical (unpaired) electrons. The predicted molar refractivity (Wildman–Crippen MR) is 70.5 cm³/mol. The molecule has 1 fully saturated rings. The smallest absolute Gasteiger partial charge is 0.367 e. The van der Waals surface area contributed by atoms with Crippen LogP contribution in [0.2, 0.25) is 0 Å². The van der Waals surface area contributed by atoms with Gasteiger partial charge in [-0.15, -0.1) is 0 Å². The maximum absolute atomic E-state index is 12.6. The van der Waals surface area contributed by atoms with Crippen LogP contribution in [-0.2, 0) is 10.9 Å². The highest BCUT2D eigenvalue weighted by atomic mass is 19.4. The number of ether oxygens (including phenoxy) is 1. The van der Waals surface area contributed by atoms with Gasteiger partial charge in [-0.05, 0) is 46.2 Å². The van der Waals surface area contributed by atoms with E-state index < -0.39 is 17.5 Å². The molecule has 2 rings (SSSR count). The number of halogens is 3. The summed E-state index contributed by atoms with van der Waals surface area (Å²) in [5.41, 5.74) is -1.65. The molecule has 0 spiro atoms. The lowest BCUT2D eigenvalue weighted by atomic mass is 9.94. The van der Waals surface area contributed by atoms with E-state index >= 15 is 0 Å². The van der Waals surface area contributed by atoms with E-state index in [1.807, 2.05) is 27.7 Å². The Bertz CT molecular complexity index is 497.